The van der Waals surface area contributed by atoms with E-state index >= 15 is 0 Å². The third kappa shape index (κ3) is 3.34. The van der Waals surface area contributed by atoms with Crippen molar-refractivity contribution in [1.29, 1.82) is 0 Å². The van der Waals surface area contributed by atoms with Gasteiger partial charge in [-0.05, 0) is 87.3 Å². The van der Waals surface area contributed by atoms with Crippen molar-refractivity contribution in [2.45, 2.75) is 13.8 Å². The first-order valence-electron chi connectivity index (χ1n) is 11.4. The Morgan fingerprint density at radius 1 is 0.455 bits per heavy atom. The van der Waals surface area contributed by atoms with Gasteiger partial charge in [-0.2, -0.15) is 0 Å². The molecular weight excluding hydrogens is 400 g/mol. The molecule has 0 aliphatic carbocycles. The van der Waals surface area contributed by atoms with Crippen molar-refractivity contribution in [1.82, 2.24) is 0 Å². The summed E-state index contributed by atoms with van der Waals surface area (Å²) >= 11 is 0. The minimum Gasteiger partial charge on any atom is -0.457 e. The van der Waals surface area contributed by atoms with Crippen molar-refractivity contribution in [3.8, 4) is 22.6 Å². The van der Waals surface area contributed by atoms with E-state index in [4.69, 9.17) is 4.74 Å². The smallest absolute Gasteiger partial charge is 0.135 e. The summed E-state index contributed by atoms with van der Waals surface area (Å²) in [5.74, 6) is 1.75. The Kier molecular flexibility index (Phi) is 4.62. The van der Waals surface area contributed by atoms with Crippen molar-refractivity contribution in [3.63, 3.8) is 0 Å². The lowest BCUT2D eigenvalue weighted by Gasteiger charge is -2.15. The number of ether oxygens (including phenoxy) is 1. The molecule has 0 aromatic heterocycles. The van der Waals surface area contributed by atoms with Crippen LogP contribution in [-0.4, -0.2) is 0 Å². The van der Waals surface area contributed by atoms with Crippen LogP contribution in [0, 0.1) is 13.8 Å². The van der Waals surface area contributed by atoms with Crippen molar-refractivity contribution >= 4 is 32.3 Å². The number of rotatable bonds is 3. The Labute approximate surface area is 193 Å². The van der Waals surface area contributed by atoms with Gasteiger partial charge >= 0.3 is 0 Å². The summed E-state index contributed by atoms with van der Waals surface area (Å²) in [6, 6.07) is 38.4. The molecule has 1 nitrogen and oxygen atoms in total. The van der Waals surface area contributed by atoms with Crippen molar-refractivity contribution in [3.05, 3.63) is 120 Å². The first-order valence-corrected chi connectivity index (χ1v) is 11.4. The predicted molar refractivity (Wildman–Crippen MR) is 140 cm³/mol. The Morgan fingerprint density at radius 2 is 1.12 bits per heavy atom. The van der Waals surface area contributed by atoms with Crippen LogP contribution >= 0.6 is 0 Å². The molecule has 0 N–H and O–H groups in total. The van der Waals surface area contributed by atoms with Gasteiger partial charge in [-0.25, -0.2) is 0 Å². The van der Waals surface area contributed by atoms with Gasteiger partial charge in [0.25, 0.3) is 0 Å². The topological polar surface area (TPSA) is 9.23 Å². The summed E-state index contributed by atoms with van der Waals surface area (Å²) in [6.45, 7) is 4.44. The summed E-state index contributed by atoms with van der Waals surface area (Å²) < 4.78 is 6.38. The van der Waals surface area contributed by atoms with Gasteiger partial charge in [-0.3, -0.25) is 0 Å². The van der Waals surface area contributed by atoms with Crippen LogP contribution in [0.4, 0.5) is 0 Å². The zero-order valence-corrected chi connectivity index (χ0v) is 18.8. The molecule has 33 heavy (non-hydrogen) atoms. The second-order valence-electron chi connectivity index (χ2n) is 8.66. The zero-order valence-electron chi connectivity index (χ0n) is 18.8. The molecule has 158 valence electrons. The number of aryl methyl sites for hydroxylation is 2. The molecule has 0 fully saturated rings. The highest BCUT2D eigenvalue weighted by atomic mass is 16.5. The first-order chi connectivity index (χ1) is 16.2. The first kappa shape index (κ1) is 19.6. The Morgan fingerprint density at radius 3 is 1.94 bits per heavy atom. The summed E-state index contributed by atoms with van der Waals surface area (Å²) in [4.78, 5) is 0. The Balaban J connectivity index is 1.48. The van der Waals surface area contributed by atoms with Crippen molar-refractivity contribution < 1.29 is 4.74 Å². The average molecular weight is 425 g/mol. The molecule has 0 heterocycles. The molecule has 0 saturated carbocycles. The number of hydrogen-bond acceptors (Lipinski definition) is 1. The molecule has 0 aliphatic rings. The minimum atomic E-state index is 0.863. The normalized spacial score (nSPS) is 11.3. The quantitative estimate of drug-likeness (QED) is 0.257. The highest BCUT2D eigenvalue weighted by Crippen LogP contribution is 2.38. The van der Waals surface area contributed by atoms with Gasteiger partial charge in [-0.15, -0.1) is 0 Å². The van der Waals surface area contributed by atoms with Crippen molar-refractivity contribution in [2.75, 3.05) is 0 Å². The maximum absolute atomic E-state index is 6.38. The van der Waals surface area contributed by atoms with Crippen LogP contribution in [0.5, 0.6) is 11.5 Å². The van der Waals surface area contributed by atoms with E-state index < -0.39 is 0 Å². The van der Waals surface area contributed by atoms with Crippen LogP contribution in [0.25, 0.3) is 43.4 Å². The maximum atomic E-state index is 6.38. The van der Waals surface area contributed by atoms with E-state index in [9.17, 15) is 0 Å². The SMILES string of the molecule is Cc1c(C)c2cc(-c3ccccc3)ccc2c2ccc(Oc3cccc4ccccc34)cc12. The average Bonchev–Trinajstić information content (AvgIpc) is 2.88. The van der Waals surface area contributed by atoms with E-state index in [0.29, 0.717) is 0 Å². The van der Waals surface area contributed by atoms with Crippen LogP contribution in [0.2, 0.25) is 0 Å². The lowest BCUT2D eigenvalue weighted by atomic mass is 9.91. The summed E-state index contributed by atoms with van der Waals surface area (Å²) in [7, 11) is 0. The molecule has 0 aliphatic heterocycles. The van der Waals surface area contributed by atoms with Gasteiger partial charge < -0.3 is 4.74 Å². The van der Waals surface area contributed by atoms with Gasteiger partial charge in [-0.1, -0.05) is 84.9 Å². The highest BCUT2D eigenvalue weighted by molar-refractivity contribution is 6.11. The molecule has 1 heteroatoms. The van der Waals surface area contributed by atoms with Crippen LogP contribution in [0.15, 0.2) is 109 Å². The lowest BCUT2D eigenvalue weighted by Crippen LogP contribution is -1.91. The fourth-order valence-electron chi connectivity index (χ4n) is 4.85. The Bertz CT molecular complexity index is 1640. The van der Waals surface area contributed by atoms with Crippen LogP contribution in [0.1, 0.15) is 11.1 Å². The highest BCUT2D eigenvalue weighted by Gasteiger charge is 2.12. The van der Waals surface area contributed by atoms with Crippen LogP contribution in [-0.2, 0) is 0 Å². The summed E-state index contributed by atoms with van der Waals surface area (Å²) in [6.07, 6.45) is 0. The lowest BCUT2D eigenvalue weighted by molar-refractivity contribution is 0.489. The van der Waals surface area contributed by atoms with Crippen molar-refractivity contribution in [2.24, 2.45) is 0 Å². The number of hydrogen-bond donors (Lipinski definition) is 0. The second kappa shape index (κ2) is 7.79. The van der Waals surface area contributed by atoms with Gasteiger partial charge in [0.15, 0.2) is 0 Å². The standard InChI is InChI=1S/C32H24O/c1-21-22(2)31-20-26(33-32-14-8-12-24-11-6-7-13-27(24)32)16-18-29(31)28-17-15-25(19-30(21)28)23-9-4-3-5-10-23/h3-20H,1-2H3. The Hall–Kier alpha value is -4.10. The van der Waals surface area contributed by atoms with Gasteiger partial charge in [0.05, 0.1) is 0 Å². The van der Waals surface area contributed by atoms with Gasteiger partial charge in [0.1, 0.15) is 11.5 Å². The molecule has 0 amide bonds. The second-order valence-corrected chi connectivity index (χ2v) is 8.66. The summed E-state index contributed by atoms with van der Waals surface area (Å²) in [5, 5.41) is 7.40. The minimum absolute atomic E-state index is 0.863. The van der Waals surface area contributed by atoms with E-state index in [1.165, 1.54) is 49.2 Å². The zero-order chi connectivity index (χ0) is 22.4. The van der Waals surface area contributed by atoms with E-state index in [-0.39, 0.29) is 0 Å². The molecule has 0 saturated heterocycles. The van der Waals surface area contributed by atoms with E-state index in [2.05, 4.69) is 111 Å². The molecule has 0 spiro atoms. The maximum Gasteiger partial charge on any atom is 0.135 e. The number of fused-ring (bicyclic) bond motifs is 4. The molecule has 0 unspecified atom stereocenters. The number of benzene rings is 6. The molecule has 0 atom stereocenters. The fourth-order valence-corrected chi connectivity index (χ4v) is 4.85. The monoisotopic (exact) mass is 424 g/mol. The van der Waals surface area contributed by atoms with E-state index in [1.807, 2.05) is 12.1 Å². The third-order valence-corrected chi connectivity index (χ3v) is 6.76. The van der Waals surface area contributed by atoms with Crippen LogP contribution in [0.3, 0.4) is 0 Å². The van der Waals surface area contributed by atoms with Gasteiger partial charge in [0.2, 0.25) is 0 Å². The largest absolute Gasteiger partial charge is 0.457 e. The molecule has 0 bridgehead atoms. The molecular formula is C32H24O. The molecule has 6 aromatic rings. The molecule has 6 aromatic carbocycles. The third-order valence-electron chi connectivity index (χ3n) is 6.76. The van der Waals surface area contributed by atoms with E-state index in [1.54, 1.807) is 0 Å². The van der Waals surface area contributed by atoms with Crippen LogP contribution < -0.4 is 4.74 Å². The predicted octanol–water partition coefficient (Wildman–Crippen LogP) is 9.22. The van der Waals surface area contributed by atoms with E-state index in [0.717, 1.165) is 16.9 Å². The fraction of sp³-hybridized carbons (Fsp3) is 0.0625. The molecule has 0 radical (unpaired) electrons. The molecule has 6 rings (SSSR count). The van der Waals surface area contributed by atoms with Gasteiger partial charge in [0, 0.05) is 5.39 Å². The summed E-state index contributed by atoms with van der Waals surface area (Å²) in [5.41, 5.74) is 5.11.